The Morgan fingerprint density at radius 1 is 1.09 bits per heavy atom. The van der Waals surface area contributed by atoms with Gasteiger partial charge >= 0.3 is 0 Å². The lowest BCUT2D eigenvalue weighted by Crippen LogP contribution is -2.09. The van der Waals surface area contributed by atoms with Crippen LogP contribution in [0.5, 0.6) is 5.75 Å². The van der Waals surface area contributed by atoms with Crippen molar-refractivity contribution in [3.63, 3.8) is 0 Å². The maximum absolute atomic E-state index is 12.6. The highest BCUT2D eigenvalue weighted by molar-refractivity contribution is 9.11. The van der Waals surface area contributed by atoms with E-state index in [1.807, 2.05) is 62.4 Å². The standard InChI is InChI=1S/C25H20Br2N2O3/c1-14-4-8-22-21(10-14)29-25(32-22)17-6-5-15(2)20(12-17)28-23(30)9-7-16-11-18(26)13-19(27)24(16)31-3/h4-13H,1-3H3,(H,28,30)/b9-7+. The van der Waals surface area contributed by atoms with Crippen LogP contribution in [0.4, 0.5) is 5.69 Å². The van der Waals surface area contributed by atoms with Crippen LogP contribution in [0.25, 0.3) is 28.6 Å². The first-order chi connectivity index (χ1) is 15.3. The molecule has 0 saturated heterocycles. The van der Waals surface area contributed by atoms with Crippen molar-refractivity contribution in [2.45, 2.75) is 13.8 Å². The molecule has 5 nitrogen and oxygen atoms in total. The second-order valence-corrected chi connectivity index (χ2v) is 9.12. The van der Waals surface area contributed by atoms with E-state index in [1.54, 1.807) is 13.2 Å². The molecule has 1 heterocycles. The number of amides is 1. The van der Waals surface area contributed by atoms with Crippen LogP contribution >= 0.6 is 31.9 Å². The number of oxazole rings is 1. The Balaban J connectivity index is 1.58. The highest BCUT2D eigenvalue weighted by Gasteiger charge is 2.12. The lowest BCUT2D eigenvalue weighted by Gasteiger charge is -2.09. The van der Waals surface area contributed by atoms with E-state index in [2.05, 4.69) is 42.2 Å². The van der Waals surface area contributed by atoms with Gasteiger partial charge in [0.2, 0.25) is 11.8 Å². The van der Waals surface area contributed by atoms with Gasteiger partial charge in [-0.15, -0.1) is 0 Å². The largest absolute Gasteiger partial charge is 0.495 e. The minimum atomic E-state index is -0.253. The van der Waals surface area contributed by atoms with Crippen LogP contribution in [0.2, 0.25) is 0 Å². The number of hydrogen-bond donors (Lipinski definition) is 1. The van der Waals surface area contributed by atoms with E-state index in [9.17, 15) is 4.79 Å². The molecule has 7 heteroatoms. The van der Waals surface area contributed by atoms with Gasteiger partial charge in [0.15, 0.2) is 5.58 Å². The van der Waals surface area contributed by atoms with Crippen molar-refractivity contribution < 1.29 is 13.9 Å². The van der Waals surface area contributed by atoms with E-state index in [4.69, 9.17) is 9.15 Å². The van der Waals surface area contributed by atoms with E-state index in [0.29, 0.717) is 17.3 Å². The molecule has 32 heavy (non-hydrogen) atoms. The lowest BCUT2D eigenvalue weighted by molar-refractivity contribution is -0.111. The Hall–Kier alpha value is -2.90. The fourth-order valence-electron chi connectivity index (χ4n) is 3.31. The quantitative estimate of drug-likeness (QED) is 0.262. The summed E-state index contributed by atoms with van der Waals surface area (Å²) in [6, 6.07) is 15.4. The first-order valence-electron chi connectivity index (χ1n) is 9.84. The highest BCUT2D eigenvalue weighted by atomic mass is 79.9. The smallest absolute Gasteiger partial charge is 0.248 e. The molecule has 0 fully saturated rings. The molecule has 162 valence electrons. The average Bonchev–Trinajstić information content (AvgIpc) is 3.16. The van der Waals surface area contributed by atoms with Crippen LogP contribution in [0.15, 0.2) is 68.0 Å². The Morgan fingerprint density at radius 3 is 2.69 bits per heavy atom. The Bertz CT molecular complexity index is 1360. The third-order valence-corrected chi connectivity index (χ3v) is 5.99. The van der Waals surface area contributed by atoms with Gasteiger partial charge in [0.05, 0.1) is 11.6 Å². The third kappa shape index (κ3) is 4.79. The van der Waals surface area contributed by atoms with Gasteiger partial charge in [-0.1, -0.05) is 28.1 Å². The molecule has 0 saturated carbocycles. The van der Waals surface area contributed by atoms with Crippen molar-refractivity contribution in [3.8, 4) is 17.2 Å². The summed E-state index contributed by atoms with van der Waals surface area (Å²) >= 11 is 6.93. The number of rotatable bonds is 5. The topological polar surface area (TPSA) is 64.4 Å². The van der Waals surface area contributed by atoms with Gasteiger partial charge in [-0.25, -0.2) is 4.98 Å². The molecular formula is C25H20Br2N2O3. The van der Waals surface area contributed by atoms with E-state index >= 15 is 0 Å². The number of carbonyl (C=O) groups excluding carboxylic acids is 1. The predicted molar refractivity (Wildman–Crippen MR) is 135 cm³/mol. The van der Waals surface area contributed by atoms with E-state index in [1.165, 1.54) is 6.08 Å². The summed E-state index contributed by atoms with van der Waals surface area (Å²) in [5.41, 5.74) is 5.85. The number of aryl methyl sites for hydroxylation is 2. The Morgan fingerprint density at radius 2 is 1.91 bits per heavy atom. The zero-order valence-corrected chi connectivity index (χ0v) is 20.9. The summed E-state index contributed by atoms with van der Waals surface area (Å²) in [5, 5.41) is 2.94. The highest BCUT2D eigenvalue weighted by Crippen LogP contribution is 2.33. The Labute approximate surface area is 202 Å². The molecule has 1 N–H and O–H groups in total. The molecule has 3 aromatic carbocycles. The van der Waals surface area contributed by atoms with Crippen LogP contribution in [0, 0.1) is 13.8 Å². The van der Waals surface area contributed by atoms with Gasteiger partial charge < -0.3 is 14.5 Å². The maximum atomic E-state index is 12.6. The second-order valence-electron chi connectivity index (χ2n) is 7.35. The average molecular weight is 556 g/mol. The van der Waals surface area contributed by atoms with Gasteiger partial charge in [-0.3, -0.25) is 4.79 Å². The predicted octanol–water partition coefficient (Wildman–Crippen LogP) is 7.30. The van der Waals surface area contributed by atoms with Crippen molar-refractivity contribution in [2.24, 2.45) is 0 Å². The molecule has 0 spiro atoms. The van der Waals surface area contributed by atoms with Gasteiger partial charge in [0.25, 0.3) is 0 Å². The van der Waals surface area contributed by atoms with Crippen LogP contribution in [0.3, 0.4) is 0 Å². The third-order valence-electron chi connectivity index (χ3n) is 4.94. The maximum Gasteiger partial charge on any atom is 0.248 e. The molecule has 4 aromatic rings. The van der Waals surface area contributed by atoms with E-state index in [0.717, 1.165) is 42.3 Å². The Kier molecular flexibility index (Phi) is 6.48. The zero-order chi connectivity index (χ0) is 22.8. The number of nitrogens with one attached hydrogen (secondary N) is 1. The van der Waals surface area contributed by atoms with Gasteiger partial charge in [-0.2, -0.15) is 0 Å². The number of nitrogens with zero attached hydrogens (tertiary/aromatic N) is 1. The number of hydrogen-bond acceptors (Lipinski definition) is 4. The lowest BCUT2D eigenvalue weighted by atomic mass is 10.1. The van der Waals surface area contributed by atoms with E-state index < -0.39 is 0 Å². The molecular weight excluding hydrogens is 536 g/mol. The fraction of sp³-hybridized carbons (Fsp3) is 0.120. The summed E-state index contributed by atoms with van der Waals surface area (Å²) in [5.74, 6) is 0.915. The van der Waals surface area contributed by atoms with Crippen molar-refractivity contribution in [2.75, 3.05) is 12.4 Å². The van der Waals surface area contributed by atoms with Crippen molar-refractivity contribution in [3.05, 3.63) is 80.2 Å². The number of ether oxygens (including phenoxy) is 1. The van der Waals surface area contributed by atoms with Gasteiger partial charge in [0.1, 0.15) is 11.3 Å². The molecule has 1 amide bonds. The summed E-state index contributed by atoms with van der Waals surface area (Å²) in [6.45, 7) is 3.95. The molecule has 0 aliphatic heterocycles. The number of anilines is 1. The van der Waals surface area contributed by atoms with Gasteiger partial charge in [0, 0.05) is 27.4 Å². The van der Waals surface area contributed by atoms with Crippen LogP contribution in [0.1, 0.15) is 16.7 Å². The van der Waals surface area contributed by atoms with Crippen LogP contribution in [-0.4, -0.2) is 18.0 Å². The zero-order valence-electron chi connectivity index (χ0n) is 17.7. The summed E-state index contributed by atoms with van der Waals surface area (Å²) in [7, 11) is 1.59. The summed E-state index contributed by atoms with van der Waals surface area (Å²) < 4.78 is 13.0. The van der Waals surface area contributed by atoms with Gasteiger partial charge in [-0.05, 0) is 83.4 Å². The minimum absolute atomic E-state index is 0.253. The second kappa shape index (κ2) is 9.30. The molecule has 0 bridgehead atoms. The minimum Gasteiger partial charge on any atom is -0.495 e. The molecule has 0 unspecified atom stereocenters. The van der Waals surface area contributed by atoms with E-state index in [-0.39, 0.29) is 5.91 Å². The molecule has 0 atom stereocenters. The fourth-order valence-corrected chi connectivity index (χ4v) is 4.73. The van der Waals surface area contributed by atoms with Crippen LogP contribution in [-0.2, 0) is 4.79 Å². The SMILES string of the molecule is COc1c(Br)cc(Br)cc1/C=C/C(=O)Nc1cc(-c2nc3cc(C)ccc3o2)ccc1C. The normalized spacial score (nSPS) is 11.3. The van der Waals surface area contributed by atoms with Crippen molar-refractivity contribution in [1.29, 1.82) is 0 Å². The number of benzene rings is 3. The molecule has 0 radical (unpaired) electrons. The number of halogens is 2. The van der Waals surface area contributed by atoms with Crippen molar-refractivity contribution >= 4 is 60.6 Å². The van der Waals surface area contributed by atoms with Crippen LogP contribution < -0.4 is 10.1 Å². The number of fused-ring (bicyclic) bond motifs is 1. The summed E-state index contributed by atoms with van der Waals surface area (Å²) in [4.78, 5) is 17.2. The monoisotopic (exact) mass is 554 g/mol. The first-order valence-corrected chi connectivity index (χ1v) is 11.4. The molecule has 0 aliphatic rings. The molecule has 1 aromatic heterocycles. The number of methoxy groups -OCH3 is 1. The van der Waals surface area contributed by atoms with Crippen molar-refractivity contribution in [1.82, 2.24) is 4.98 Å². The number of aromatic nitrogens is 1. The first kappa shape index (κ1) is 22.3. The summed E-state index contributed by atoms with van der Waals surface area (Å²) in [6.07, 6.45) is 3.19. The molecule has 4 rings (SSSR count). The number of carbonyl (C=O) groups is 1. The molecule has 0 aliphatic carbocycles.